The number of aliphatic carboxylic acids is 1. The number of alkyl carbamates (subject to hydrolysis) is 1. The molecule has 7 nitrogen and oxygen atoms in total. The summed E-state index contributed by atoms with van der Waals surface area (Å²) in [4.78, 5) is 35.1. The minimum Gasteiger partial charge on any atom is -0.480 e. The second-order valence-corrected chi connectivity index (χ2v) is 5.74. The molecule has 0 bridgehead atoms. The van der Waals surface area contributed by atoms with Crippen molar-refractivity contribution in [2.75, 3.05) is 0 Å². The van der Waals surface area contributed by atoms with Crippen molar-refractivity contribution < 1.29 is 24.2 Å². The third-order valence-electron chi connectivity index (χ3n) is 3.46. The Morgan fingerprint density at radius 2 is 1.75 bits per heavy atom. The van der Waals surface area contributed by atoms with Crippen LogP contribution in [0.2, 0.25) is 0 Å². The molecule has 0 spiro atoms. The van der Waals surface area contributed by atoms with Gasteiger partial charge in [-0.15, -0.1) is 0 Å². The van der Waals surface area contributed by atoms with Crippen molar-refractivity contribution in [3.63, 3.8) is 0 Å². The highest BCUT2D eigenvalue weighted by Crippen LogP contribution is 2.05. The Labute approximate surface area is 141 Å². The van der Waals surface area contributed by atoms with E-state index in [1.165, 1.54) is 0 Å². The Morgan fingerprint density at radius 3 is 2.25 bits per heavy atom. The van der Waals surface area contributed by atoms with Gasteiger partial charge in [-0.1, -0.05) is 51.1 Å². The molecule has 132 valence electrons. The van der Waals surface area contributed by atoms with Crippen LogP contribution < -0.4 is 10.6 Å². The van der Waals surface area contributed by atoms with Crippen molar-refractivity contribution in [3.05, 3.63) is 35.9 Å². The van der Waals surface area contributed by atoms with Gasteiger partial charge in [0.1, 0.15) is 18.7 Å². The third kappa shape index (κ3) is 6.28. The molecule has 2 atom stereocenters. The van der Waals surface area contributed by atoms with Crippen LogP contribution in [-0.2, 0) is 20.9 Å². The SMILES string of the molecule is CC[C@H](NC(=O)[C@H](NC(=O)OCc1ccccc1)C(C)C)C(=O)O. The van der Waals surface area contributed by atoms with Crippen LogP contribution >= 0.6 is 0 Å². The minimum atomic E-state index is -1.11. The molecule has 0 aromatic heterocycles. The first-order chi connectivity index (χ1) is 11.3. The van der Waals surface area contributed by atoms with E-state index >= 15 is 0 Å². The van der Waals surface area contributed by atoms with Crippen molar-refractivity contribution in [3.8, 4) is 0 Å². The molecule has 0 unspecified atom stereocenters. The lowest BCUT2D eigenvalue weighted by Gasteiger charge is -2.23. The maximum absolute atomic E-state index is 12.2. The van der Waals surface area contributed by atoms with E-state index in [0.717, 1.165) is 5.56 Å². The Morgan fingerprint density at radius 1 is 1.12 bits per heavy atom. The fourth-order valence-electron chi connectivity index (χ4n) is 2.03. The smallest absolute Gasteiger partial charge is 0.408 e. The highest BCUT2D eigenvalue weighted by Gasteiger charge is 2.28. The van der Waals surface area contributed by atoms with E-state index in [4.69, 9.17) is 9.84 Å². The molecule has 1 aromatic carbocycles. The minimum absolute atomic E-state index is 0.0891. The lowest BCUT2D eigenvalue weighted by molar-refractivity contribution is -0.142. The molecule has 0 fully saturated rings. The Kier molecular flexibility index (Phi) is 7.74. The first-order valence-corrected chi connectivity index (χ1v) is 7.85. The summed E-state index contributed by atoms with van der Waals surface area (Å²) in [5.41, 5.74) is 0.829. The summed E-state index contributed by atoms with van der Waals surface area (Å²) < 4.78 is 5.09. The number of hydrogen-bond donors (Lipinski definition) is 3. The van der Waals surface area contributed by atoms with Crippen LogP contribution in [0.25, 0.3) is 0 Å². The normalized spacial score (nSPS) is 13.0. The van der Waals surface area contributed by atoms with Gasteiger partial charge in [0.25, 0.3) is 0 Å². The topological polar surface area (TPSA) is 105 Å². The molecular weight excluding hydrogens is 312 g/mol. The molecule has 24 heavy (non-hydrogen) atoms. The summed E-state index contributed by atoms with van der Waals surface area (Å²) in [5.74, 6) is -1.88. The number of nitrogens with one attached hydrogen (secondary N) is 2. The number of rotatable bonds is 8. The maximum atomic E-state index is 12.2. The molecule has 1 aromatic rings. The van der Waals surface area contributed by atoms with Crippen molar-refractivity contribution >= 4 is 18.0 Å². The summed E-state index contributed by atoms with van der Waals surface area (Å²) in [7, 11) is 0. The molecule has 0 aliphatic heterocycles. The predicted molar refractivity (Wildman–Crippen MR) is 88.2 cm³/mol. The van der Waals surface area contributed by atoms with Crippen molar-refractivity contribution in [2.24, 2.45) is 5.92 Å². The Balaban J connectivity index is 2.59. The first-order valence-electron chi connectivity index (χ1n) is 7.85. The molecule has 1 rings (SSSR count). The van der Waals surface area contributed by atoms with Crippen molar-refractivity contribution in [2.45, 2.75) is 45.9 Å². The largest absolute Gasteiger partial charge is 0.480 e. The van der Waals surface area contributed by atoms with Crippen LogP contribution in [0.5, 0.6) is 0 Å². The maximum Gasteiger partial charge on any atom is 0.408 e. The fraction of sp³-hybridized carbons (Fsp3) is 0.471. The number of carbonyl (C=O) groups excluding carboxylic acids is 2. The van der Waals surface area contributed by atoms with Gasteiger partial charge in [0.2, 0.25) is 5.91 Å². The van der Waals surface area contributed by atoms with Gasteiger partial charge < -0.3 is 20.5 Å². The average Bonchev–Trinajstić information content (AvgIpc) is 2.55. The van der Waals surface area contributed by atoms with E-state index < -0.39 is 30.1 Å². The van der Waals surface area contributed by atoms with Gasteiger partial charge in [-0.3, -0.25) is 4.79 Å². The van der Waals surface area contributed by atoms with Gasteiger partial charge in [-0.2, -0.15) is 0 Å². The van der Waals surface area contributed by atoms with Crippen LogP contribution in [-0.4, -0.2) is 35.2 Å². The van der Waals surface area contributed by atoms with Crippen LogP contribution in [0.15, 0.2) is 30.3 Å². The lowest BCUT2D eigenvalue weighted by atomic mass is 10.0. The van der Waals surface area contributed by atoms with E-state index in [0.29, 0.717) is 0 Å². The van der Waals surface area contributed by atoms with Gasteiger partial charge >= 0.3 is 12.1 Å². The zero-order valence-corrected chi connectivity index (χ0v) is 14.1. The van der Waals surface area contributed by atoms with Gasteiger partial charge in [0, 0.05) is 0 Å². The Bertz CT molecular complexity index is 559. The molecule has 7 heteroatoms. The molecule has 0 saturated carbocycles. The molecule has 0 aliphatic carbocycles. The average molecular weight is 336 g/mol. The zero-order valence-electron chi connectivity index (χ0n) is 14.1. The molecule has 3 N–H and O–H groups in total. The number of benzene rings is 1. The van der Waals surface area contributed by atoms with Gasteiger partial charge in [-0.25, -0.2) is 9.59 Å². The standard InChI is InChI=1S/C17H24N2O5/c1-4-13(16(21)22)18-15(20)14(11(2)3)19-17(23)24-10-12-8-6-5-7-9-12/h5-9,11,13-14H,4,10H2,1-3H3,(H,18,20)(H,19,23)(H,21,22)/t13-,14+/m0/s1. The second-order valence-electron chi connectivity index (χ2n) is 5.74. The zero-order chi connectivity index (χ0) is 18.1. The van der Waals surface area contributed by atoms with E-state index in [1.807, 2.05) is 30.3 Å². The highest BCUT2D eigenvalue weighted by atomic mass is 16.5. The monoisotopic (exact) mass is 336 g/mol. The van der Waals surface area contributed by atoms with Gasteiger partial charge in [0.15, 0.2) is 0 Å². The van der Waals surface area contributed by atoms with Crippen LogP contribution in [0, 0.1) is 5.92 Å². The quantitative estimate of drug-likeness (QED) is 0.673. The molecule has 0 heterocycles. The predicted octanol–water partition coefficient (Wildman–Crippen LogP) is 1.92. The number of carboxylic acids is 1. The molecule has 2 amide bonds. The van der Waals surface area contributed by atoms with Gasteiger partial charge in [0.05, 0.1) is 0 Å². The van der Waals surface area contributed by atoms with Crippen LogP contribution in [0.4, 0.5) is 4.79 Å². The van der Waals surface area contributed by atoms with Crippen molar-refractivity contribution in [1.29, 1.82) is 0 Å². The summed E-state index contributed by atoms with van der Waals surface area (Å²) in [5, 5.41) is 13.9. The number of carboxylic acid groups (broad SMARTS) is 1. The molecule has 0 saturated heterocycles. The third-order valence-corrected chi connectivity index (χ3v) is 3.46. The lowest BCUT2D eigenvalue weighted by Crippen LogP contribution is -2.53. The van der Waals surface area contributed by atoms with Gasteiger partial charge in [-0.05, 0) is 17.9 Å². The van der Waals surface area contributed by atoms with Crippen LogP contribution in [0.3, 0.4) is 0 Å². The molecule has 0 aliphatic rings. The summed E-state index contributed by atoms with van der Waals surface area (Å²) in [6.07, 6.45) is -0.472. The first kappa shape index (κ1) is 19.5. The number of ether oxygens (including phenoxy) is 1. The van der Waals surface area contributed by atoms with E-state index in [9.17, 15) is 14.4 Å². The van der Waals surface area contributed by atoms with Crippen molar-refractivity contribution in [1.82, 2.24) is 10.6 Å². The highest BCUT2D eigenvalue weighted by molar-refractivity contribution is 5.89. The van der Waals surface area contributed by atoms with Crippen LogP contribution in [0.1, 0.15) is 32.8 Å². The fourth-order valence-corrected chi connectivity index (χ4v) is 2.03. The van der Waals surface area contributed by atoms with E-state index in [2.05, 4.69) is 10.6 Å². The summed E-state index contributed by atoms with van der Waals surface area (Å²) in [6, 6.07) is 7.30. The number of carbonyl (C=O) groups is 3. The van der Waals surface area contributed by atoms with E-state index in [1.54, 1.807) is 20.8 Å². The summed E-state index contributed by atoms with van der Waals surface area (Å²) >= 11 is 0. The second kappa shape index (κ2) is 9.54. The van der Waals surface area contributed by atoms with E-state index in [-0.39, 0.29) is 18.9 Å². The number of hydrogen-bond acceptors (Lipinski definition) is 4. The molecule has 0 radical (unpaired) electrons. The number of amides is 2. The summed E-state index contributed by atoms with van der Waals surface area (Å²) in [6.45, 7) is 5.25. The Hall–Kier alpha value is -2.57. The molecular formula is C17H24N2O5.